The molecule has 104 valence electrons. The summed E-state index contributed by atoms with van der Waals surface area (Å²) in [6.07, 6.45) is 3.24. The number of hydrogen-bond donors (Lipinski definition) is 2. The molecule has 0 unspecified atom stereocenters. The molecular weight excluding hydrogens is 278 g/mol. The number of anilines is 1. The molecule has 0 aliphatic carbocycles. The number of hydrazone groups is 1. The van der Waals surface area contributed by atoms with Crippen LogP contribution in [0.25, 0.3) is 0 Å². The number of halogens is 1. The molecule has 5 nitrogen and oxygen atoms in total. The molecule has 0 saturated carbocycles. The Labute approximate surface area is 121 Å². The van der Waals surface area contributed by atoms with Crippen LogP contribution in [0.2, 0.25) is 5.02 Å². The number of hydrogen-bond acceptors (Lipinski definition) is 5. The maximum atomic E-state index is 9.73. The molecule has 2 rings (SSSR count). The van der Waals surface area contributed by atoms with Crippen LogP contribution in [0.5, 0.6) is 11.5 Å². The first kappa shape index (κ1) is 14.1. The zero-order chi connectivity index (χ0) is 14.4. The van der Waals surface area contributed by atoms with Gasteiger partial charge >= 0.3 is 0 Å². The van der Waals surface area contributed by atoms with E-state index in [-0.39, 0.29) is 10.8 Å². The summed E-state index contributed by atoms with van der Waals surface area (Å²) in [5, 5.41) is 14.0. The maximum Gasteiger partial charge on any atom is 0.176 e. The number of phenols is 1. The summed E-state index contributed by atoms with van der Waals surface area (Å²) < 4.78 is 5.29. The van der Waals surface area contributed by atoms with E-state index < -0.39 is 0 Å². The molecule has 0 spiro atoms. The van der Waals surface area contributed by atoms with E-state index in [1.165, 1.54) is 0 Å². The minimum atomic E-state index is -0.0663. The van der Waals surface area contributed by atoms with Crippen molar-refractivity contribution in [2.45, 2.75) is 6.92 Å². The summed E-state index contributed by atoms with van der Waals surface area (Å²) in [7, 11) is 0. The standard InChI is InChI=1S/C14H14ClN3O2/c1-2-20-12-8-10(7-11(15)14(12)19)9-17-18-13-5-3-4-6-16-13/h3-9,19H,2H2,1H3,(H,16,18). The highest BCUT2D eigenvalue weighted by atomic mass is 35.5. The maximum absolute atomic E-state index is 9.73. The van der Waals surface area contributed by atoms with Gasteiger partial charge in [0.1, 0.15) is 5.82 Å². The largest absolute Gasteiger partial charge is 0.503 e. The lowest BCUT2D eigenvalue weighted by molar-refractivity contribution is 0.318. The van der Waals surface area contributed by atoms with Crippen LogP contribution in [0.3, 0.4) is 0 Å². The summed E-state index contributed by atoms with van der Waals surface area (Å²) in [4.78, 5) is 4.07. The predicted molar refractivity (Wildman–Crippen MR) is 79.7 cm³/mol. The first-order valence-corrected chi connectivity index (χ1v) is 6.44. The molecule has 0 saturated heterocycles. The Morgan fingerprint density at radius 1 is 1.45 bits per heavy atom. The minimum Gasteiger partial charge on any atom is -0.503 e. The van der Waals surface area contributed by atoms with Gasteiger partial charge in [-0.3, -0.25) is 5.43 Å². The van der Waals surface area contributed by atoms with Crippen molar-refractivity contribution in [1.29, 1.82) is 0 Å². The van der Waals surface area contributed by atoms with Crippen molar-refractivity contribution in [1.82, 2.24) is 4.98 Å². The lowest BCUT2D eigenvalue weighted by Gasteiger charge is -2.08. The van der Waals surface area contributed by atoms with E-state index >= 15 is 0 Å². The van der Waals surface area contributed by atoms with Crippen LogP contribution in [0.15, 0.2) is 41.6 Å². The molecule has 0 fully saturated rings. The van der Waals surface area contributed by atoms with Gasteiger partial charge in [0.05, 0.1) is 17.8 Å². The summed E-state index contributed by atoms with van der Waals surface area (Å²) in [5.41, 5.74) is 3.50. The zero-order valence-electron chi connectivity index (χ0n) is 10.9. The Hall–Kier alpha value is -2.27. The van der Waals surface area contributed by atoms with Crippen molar-refractivity contribution in [2.24, 2.45) is 5.10 Å². The predicted octanol–water partition coefficient (Wildman–Crippen LogP) is 3.29. The molecule has 1 heterocycles. The third-order valence-electron chi connectivity index (χ3n) is 2.41. The number of pyridine rings is 1. The fourth-order valence-corrected chi connectivity index (χ4v) is 1.75. The fraction of sp³-hybridized carbons (Fsp3) is 0.143. The Morgan fingerprint density at radius 2 is 2.30 bits per heavy atom. The lowest BCUT2D eigenvalue weighted by atomic mass is 10.2. The Morgan fingerprint density at radius 3 is 3.00 bits per heavy atom. The van der Waals surface area contributed by atoms with Gasteiger partial charge in [-0.15, -0.1) is 0 Å². The molecular formula is C14H14ClN3O2. The summed E-state index contributed by atoms with van der Waals surface area (Å²) in [6, 6.07) is 8.74. The number of aromatic nitrogens is 1. The number of benzene rings is 1. The lowest BCUT2D eigenvalue weighted by Crippen LogP contribution is -1.95. The number of nitrogens with one attached hydrogen (secondary N) is 1. The molecule has 1 aromatic heterocycles. The molecule has 0 amide bonds. The normalized spacial score (nSPS) is 10.7. The number of ether oxygens (including phenoxy) is 1. The van der Waals surface area contributed by atoms with Crippen molar-refractivity contribution in [2.75, 3.05) is 12.0 Å². The van der Waals surface area contributed by atoms with E-state index in [1.54, 1.807) is 30.6 Å². The quantitative estimate of drug-likeness (QED) is 0.655. The number of nitrogens with zero attached hydrogens (tertiary/aromatic N) is 2. The molecule has 2 N–H and O–H groups in total. The molecule has 0 aliphatic heterocycles. The molecule has 0 aliphatic rings. The second-order valence-electron chi connectivity index (χ2n) is 3.87. The van der Waals surface area contributed by atoms with Crippen molar-refractivity contribution in [3.8, 4) is 11.5 Å². The van der Waals surface area contributed by atoms with Gasteiger partial charge in [-0.05, 0) is 36.8 Å². The first-order chi connectivity index (χ1) is 9.70. The van der Waals surface area contributed by atoms with Crippen LogP contribution in [-0.2, 0) is 0 Å². The van der Waals surface area contributed by atoms with Gasteiger partial charge in [-0.2, -0.15) is 5.10 Å². The Bertz CT molecular complexity index is 603. The third kappa shape index (κ3) is 3.61. The van der Waals surface area contributed by atoms with E-state index in [4.69, 9.17) is 16.3 Å². The molecule has 0 bridgehead atoms. The fourth-order valence-electron chi connectivity index (χ4n) is 1.54. The first-order valence-electron chi connectivity index (χ1n) is 6.06. The number of aromatic hydroxyl groups is 1. The van der Waals surface area contributed by atoms with Crippen LogP contribution in [0.4, 0.5) is 5.82 Å². The average Bonchev–Trinajstić information content (AvgIpc) is 2.45. The van der Waals surface area contributed by atoms with Crippen molar-refractivity contribution in [3.05, 3.63) is 47.1 Å². The Kier molecular flexibility index (Phi) is 4.79. The third-order valence-corrected chi connectivity index (χ3v) is 2.70. The van der Waals surface area contributed by atoms with Crippen LogP contribution < -0.4 is 10.2 Å². The van der Waals surface area contributed by atoms with Gasteiger partial charge in [-0.25, -0.2) is 4.98 Å². The van der Waals surface area contributed by atoms with Crippen molar-refractivity contribution >= 4 is 23.6 Å². The van der Waals surface area contributed by atoms with E-state index in [1.807, 2.05) is 19.1 Å². The zero-order valence-corrected chi connectivity index (χ0v) is 11.6. The minimum absolute atomic E-state index is 0.0663. The SMILES string of the molecule is CCOc1cc(C=NNc2ccccn2)cc(Cl)c1O. The summed E-state index contributed by atoms with van der Waals surface area (Å²) in [5.74, 6) is 0.904. The smallest absolute Gasteiger partial charge is 0.176 e. The van der Waals surface area contributed by atoms with Crippen LogP contribution in [0, 0.1) is 0 Å². The van der Waals surface area contributed by atoms with Crippen LogP contribution in [-0.4, -0.2) is 22.9 Å². The highest BCUT2D eigenvalue weighted by Gasteiger charge is 2.08. The number of phenolic OH excluding ortho intramolecular Hbond substituents is 1. The molecule has 1 aromatic carbocycles. The molecule has 0 radical (unpaired) electrons. The van der Waals surface area contributed by atoms with Crippen molar-refractivity contribution < 1.29 is 9.84 Å². The highest BCUT2D eigenvalue weighted by molar-refractivity contribution is 6.32. The monoisotopic (exact) mass is 291 g/mol. The van der Waals surface area contributed by atoms with Gasteiger partial charge in [-0.1, -0.05) is 17.7 Å². The summed E-state index contributed by atoms with van der Waals surface area (Å²) in [6.45, 7) is 2.27. The van der Waals surface area contributed by atoms with Gasteiger partial charge in [0.2, 0.25) is 0 Å². The van der Waals surface area contributed by atoms with Crippen molar-refractivity contribution in [3.63, 3.8) is 0 Å². The van der Waals surface area contributed by atoms with E-state index in [0.29, 0.717) is 23.7 Å². The molecule has 6 heteroatoms. The molecule has 2 aromatic rings. The van der Waals surface area contributed by atoms with E-state index in [2.05, 4.69) is 15.5 Å². The Balaban J connectivity index is 2.13. The van der Waals surface area contributed by atoms with Gasteiger partial charge in [0.25, 0.3) is 0 Å². The second-order valence-corrected chi connectivity index (χ2v) is 4.27. The average molecular weight is 292 g/mol. The van der Waals surface area contributed by atoms with Gasteiger partial charge in [0.15, 0.2) is 11.5 Å². The van der Waals surface area contributed by atoms with Gasteiger partial charge < -0.3 is 9.84 Å². The molecule has 0 atom stereocenters. The highest BCUT2D eigenvalue weighted by Crippen LogP contribution is 2.34. The van der Waals surface area contributed by atoms with Crippen LogP contribution in [0.1, 0.15) is 12.5 Å². The van der Waals surface area contributed by atoms with E-state index in [9.17, 15) is 5.11 Å². The second kappa shape index (κ2) is 6.77. The molecule has 20 heavy (non-hydrogen) atoms. The summed E-state index contributed by atoms with van der Waals surface area (Å²) >= 11 is 5.93. The van der Waals surface area contributed by atoms with E-state index in [0.717, 1.165) is 0 Å². The van der Waals surface area contributed by atoms with Crippen LogP contribution >= 0.6 is 11.6 Å². The number of rotatable bonds is 5. The van der Waals surface area contributed by atoms with Gasteiger partial charge in [0, 0.05) is 6.20 Å². The topological polar surface area (TPSA) is 66.7 Å².